The second-order valence-electron chi connectivity index (χ2n) is 5.83. The third kappa shape index (κ3) is 5.31. The Bertz CT molecular complexity index is 399. The minimum absolute atomic E-state index is 0.230. The summed E-state index contributed by atoms with van der Waals surface area (Å²) in [5, 5.41) is 6.00. The standard InChI is InChI=1S/C11H20N4O3Si/c1-19(2,3)7-6-18-9(16)5-4-8-10(14-15-12)11(17)13-8/h8,10H,4-7H2,1-3H3,(H,13,17)/t8-,10-/m0/s1. The van der Waals surface area contributed by atoms with Crippen molar-refractivity contribution in [3.63, 3.8) is 0 Å². The summed E-state index contributed by atoms with van der Waals surface area (Å²) in [5.41, 5.74) is 8.30. The zero-order valence-electron chi connectivity index (χ0n) is 11.5. The molecule has 1 aliphatic rings. The van der Waals surface area contributed by atoms with Crippen LogP contribution in [0, 0.1) is 0 Å². The van der Waals surface area contributed by atoms with Gasteiger partial charge in [0, 0.05) is 25.4 Å². The molecular weight excluding hydrogens is 264 g/mol. The second-order valence-corrected chi connectivity index (χ2v) is 11.5. The van der Waals surface area contributed by atoms with Gasteiger partial charge in [-0.25, -0.2) is 0 Å². The van der Waals surface area contributed by atoms with Crippen molar-refractivity contribution in [3.05, 3.63) is 10.4 Å². The van der Waals surface area contributed by atoms with Gasteiger partial charge in [-0.1, -0.05) is 24.8 Å². The number of nitrogens with one attached hydrogen (secondary N) is 1. The maximum atomic E-state index is 11.5. The van der Waals surface area contributed by atoms with Crippen molar-refractivity contribution in [2.75, 3.05) is 6.61 Å². The summed E-state index contributed by atoms with van der Waals surface area (Å²) in [7, 11) is -1.18. The van der Waals surface area contributed by atoms with Gasteiger partial charge in [0.15, 0.2) is 0 Å². The van der Waals surface area contributed by atoms with Crippen molar-refractivity contribution < 1.29 is 14.3 Å². The van der Waals surface area contributed by atoms with Gasteiger partial charge >= 0.3 is 5.97 Å². The summed E-state index contributed by atoms with van der Waals surface area (Å²) in [5.74, 6) is -0.547. The van der Waals surface area contributed by atoms with E-state index in [-0.39, 0.29) is 24.3 Å². The topological polar surface area (TPSA) is 104 Å². The normalized spacial score (nSPS) is 21.9. The Balaban J connectivity index is 2.20. The molecule has 8 heteroatoms. The molecule has 7 nitrogen and oxygen atoms in total. The van der Waals surface area contributed by atoms with Crippen molar-refractivity contribution in [3.8, 4) is 0 Å². The molecule has 1 heterocycles. The first kappa shape index (κ1) is 15.5. The number of ether oxygens (including phenoxy) is 1. The molecular formula is C11H20N4O3Si. The lowest BCUT2D eigenvalue weighted by Crippen LogP contribution is -2.61. The Morgan fingerprint density at radius 2 is 2.21 bits per heavy atom. The summed E-state index contributed by atoms with van der Waals surface area (Å²) in [6.07, 6.45) is 0.676. The van der Waals surface area contributed by atoms with Crippen LogP contribution in [-0.4, -0.2) is 38.6 Å². The van der Waals surface area contributed by atoms with Gasteiger partial charge < -0.3 is 10.1 Å². The zero-order chi connectivity index (χ0) is 14.5. The average Bonchev–Trinajstić information content (AvgIpc) is 2.29. The summed E-state index contributed by atoms with van der Waals surface area (Å²) >= 11 is 0. The van der Waals surface area contributed by atoms with Crippen LogP contribution in [0.4, 0.5) is 0 Å². The van der Waals surface area contributed by atoms with E-state index in [2.05, 4.69) is 35.0 Å². The van der Waals surface area contributed by atoms with Gasteiger partial charge in [-0.3, -0.25) is 9.59 Å². The predicted octanol–water partition coefficient (Wildman–Crippen LogP) is 1.83. The van der Waals surface area contributed by atoms with Gasteiger partial charge in [0.25, 0.3) is 0 Å². The monoisotopic (exact) mass is 284 g/mol. The van der Waals surface area contributed by atoms with E-state index < -0.39 is 14.1 Å². The minimum atomic E-state index is -1.18. The number of hydrogen-bond donors (Lipinski definition) is 1. The molecule has 0 saturated carbocycles. The Kier molecular flexibility index (Phi) is 5.38. The van der Waals surface area contributed by atoms with Gasteiger partial charge in [0.05, 0.1) is 6.61 Å². The van der Waals surface area contributed by atoms with Gasteiger partial charge in [-0.2, -0.15) is 0 Å². The Labute approximate surface area is 113 Å². The molecule has 1 amide bonds. The summed E-state index contributed by atoms with van der Waals surface area (Å²) in [6, 6.07) is 0.0213. The fraction of sp³-hybridized carbons (Fsp3) is 0.818. The van der Waals surface area contributed by atoms with E-state index >= 15 is 0 Å². The maximum Gasteiger partial charge on any atom is 0.305 e. The summed E-state index contributed by atoms with van der Waals surface area (Å²) in [6.45, 7) is 7.12. The molecule has 1 saturated heterocycles. The van der Waals surface area contributed by atoms with E-state index in [1.807, 2.05) is 0 Å². The SMILES string of the molecule is C[Si](C)(C)CCOC(=O)CC[C@@H]1NC(=O)[C@H]1N=[N+]=[N-]. The predicted molar refractivity (Wildman–Crippen MR) is 73.2 cm³/mol. The number of carbonyl (C=O) groups excluding carboxylic acids is 2. The molecule has 106 valence electrons. The quantitative estimate of drug-likeness (QED) is 0.192. The second kappa shape index (κ2) is 6.58. The molecule has 0 radical (unpaired) electrons. The van der Waals surface area contributed by atoms with E-state index in [0.29, 0.717) is 13.0 Å². The largest absolute Gasteiger partial charge is 0.466 e. The number of rotatable bonds is 7. The van der Waals surface area contributed by atoms with E-state index in [0.717, 1.165) is 6.04 Å². The highest BCUT2D eigenvalue weighted by molar-refractivity contribution is 6.76. The molecule has 0 aliphatic carbocycles. The van der Waals surface area contributed by atoms with Crippen molar-refractivity contribution in [1.82, 2.24) is 5.32 Å². The summed E-state index contributed by atoms with van der Waals surface area (Å²) in [4.78, 5) is 25.2. The number of amides is 1. The van der Waals surface area contributed by atoms with Crippen LogP contribution in [-0.2, 0) is 14.3 Å². The number of hydrogen-bond acceptors (Lipinski definition) is 4. The van der Waals surface area contributed by atoms with Gasteiger partial charge in [-0.15, -0.1) is 0 Å². The van der Waals surface area contributed by atoms with Crippen molar-refractivity contribution in [2.45, 2.75) is 50.6 Å². The van der Waals surface area contributed by atoms with Crippen LogP contribution >= 0.6 is 0 Å². The fourth-order valence-electron chi connectivity index (χ4n) is 1.67. The lowest BCUT2D eigenvalue weighted by atomic mass is 9.95. The van der Waals surface area contributed by atoms with Crippen LogP contribution in [0.25, 0.3) is 10.4 Å². The van der Waals surface area contributed by atoms with E-state index in [9.17, 15) is 9.59 Å². The lowest BCUT2D eigenvalue weighted by Gasteiger charge is -2.33. The van der Waals surface area contributed by atoms with E-state index in [1.165, 1.54) is 0 Å². The first-order valence-corrected chi connectivity index (χ1v) is 10.0. The fourth-order valence-corrected chi connectivity index (χ4v) is 2.38. The van der Waals surface area contributed by atoms with Crippen LogP contribution in [0.3, 0.4) is 0 Å². The molecule has 1 aliphatic heterocycles. The first-order valence-electron chi connectivity index (χ1n) is 6.34. The van der Waals surface area contributed by atoms with E-state index in [4.69, 9.17) is 10.3 Å². The van der Waals surface area contributed by atoms with Gasteiger partial charge in [-0.05, 0) is 18.0 Å². The van der Waals surface area contributed by atoms with Crippen LogP contribution < -0.4 is 5.32 Å². The molecule has 0 unspecified atom stereocenters. The third-order valence-corrected chi connectivity index (χ3v) is 4.63. The molecule has 1 rings (SSSR count). The van der Waals surface area contributed by atoms with Crippen LogP contribution in [0.5, 0.6) is 0 Å². The highest BCUT2D eigenvalue weighted by Gasteiger charge is 2.38. The number of β-lactam (4-membered cyclic amide) rings is 1. The van der Waals surface area contributed by atoms with Crippen molar-refractivity contribution in [1.29, 1.82) is 0 Å². The maximum absolute atomic E-state index is 11.5. The van der Waals surface area contributed by atoms with Crippen molar-refractivity contribution >= 4 is 20.0 Å². The molecule has 2 atom stereocenters. The highest BCUT2D eigenvalue weighted by atomic mass is 28.3. The van der Waals surface area contributed by atoms with Crippen molar-refractivity contribution in [2.24, 2.45) is 5.11 Å². The van der Waals surface area contributed by atoms with Crippen LogP contribution in [0.2, 0.25) is 25.7 Å². The Hall–Kier alpha value is -1.53. The third-order valence-electron chi connectivity index (χ3n) is 2.93. The Morgan fingerprint density at radius 3 is 2.74 bits per heavy atom. The summed E-state index contributed by atoms with van der Waals surface area (Å²) < 4.78 is 5.14. The Morgan fingerprint density at radius 1 is 1.53 bits per heavy atom. The minimum Gasteiger partial charge on any atom is -0.466 e. The molecule has 0 bridgehead atoms. The number of carbonyl (C=O) groups is 2. The molecule has 0 aromatic heterocycles. The molecule has 19 heavy (non-hydrogen) atoms. The highest BCUT2D eigenvalue weighted by Crippen LogP contribution is 2.16. The molecule has 0 spiro atoms. The first-order chi connectivity index (χ1) is 8.83. The zero-order valence-corrected chi connectivity index (χ0v) is 12.5. The van der Waals surface area contributed by atoms with Gasteiger partial charge in [0.1, 0.15) is 6.04 Å². The lowest BCUT2D eigenvalue weighted by molar-refractivity contribution is -0.144. The van der Waals surface area contributed by atoms with Gasteiger partial charge in [0.2, 0.25) is 5.91 Å². The number of azide groups is 1. The van der Waals surface area contributed by atoms with Crippen LogP contribution in [0.1, 0.15) is 12.8 Å². The van der Waals surface area contributed by atoms with Crippen LogP contribution in [0.15, 0.2) is 5.11 Å². The number of esters is 1. The molecule has 1 fully saturated rings. The average molecular weight is 284 g/mol. The molecule has 0 aromatic rings. The molecule has 1 N–H and O–H groups in total. The number of nitrogens with zero attached hydrogens (tertiary/aromatic N) is 3. The smallest absolute Gasteiger partial charge is 0.305 e. The molecule has 0 aromatic carbocycles. The van der Waals surface area contributed by atoms with E-state index in [1.54, 1.807) is 0 Å².